The molecule has 2 aliphatic heterocycles. The molecule has 0 aromatic heterocycles. The van der Waals surface area contributed by atoms with Crippen LogP contribution in [0.15, 0.2) is 43.0 Å². The Hall–Kier alpha value is -2.34. The lowest BCUT2D eigenvalue weighted by molar-refractivity contribution is -0.148. The number of carbonyl (C=O) groups is 2. The summed E-state index contributed by atoms with van der Waals surface area (Å²) in [6.07, 6.45) is 2.84. The van der Waals surface area contributed by atoms with E-state index in [4.69, 9.17) is 9.57 Å². The first-order valence-electron chi connectivity index (χ1n) is 7.75. The summed E-state index contributed by atoms with van der Waals surface area (Å²) in [6, 6.07) is 8.89. The van der Waals surface area contributed by atoms with Gasteiger partial charge in [0.05, 0.1) is 6.04 Å². The van der Waals surface area contributed by atoms with Gasteiger partial charge in [0.2, 0.25) is 0 Å². The number of ether oxygens (including phenoxy) is 1. The number of rotatable bonds is 6. The number of nitrogens with zero attached hydrogens (tertiary/aromatic N) is 2. The molecule has 0 aliphatic carbocycles. The van der Waals surface area contributed by atoms with Gasteiger partial charge in [-0.15, -0.1) is 0 Å². The second kappa shape index (κ2) is 6.83. The van der Waals surface area contributed by atoms with Crippen LogP contribution in [0.5, 0.6) is 0 Å². The summed E-state index contributed by atoms with van der Waals surface area (Å²) in [5, 5.41) is 1.41. The summed E-state index contributed by atoms with van der Waals surface area (Å²) < 4.78 is 5.08. The van der Waals surface area contributed by atoms with E-state index in [0.717, 1.165) is 12.0 Å². The number of urea groups is 1. The van der Waals surface area contributed by atoms with Gasteiger partial charge in [0.15, 0.2) is 0 Å². The Labute approximate surface area is 135 Å². The highest BCUT2D eigenvalue weighted by Crippen LogP contribution is 2.31. The van der Waals surface area contributed by atoms with Crippen LogP contribution in [-0.4, -0.2) is 47.2 Å². The molecule has 1 aromatic carbocycles. The quantitative estimate of drug-likeness (QED) is 0.596. The molecular weight excluding hydrogens is 296 g/mol. The van der Waals surface area contributed by atoms with Crippen molar-refractivity contribution in [3.63, 3.8) is 0 Å². The van der Waals surface area contributed by atoms with Gasteiger partial charge in [0.1, 0.15) is 19.3 Å². The summed E-state index contributed by atoms with van der Waals surface area (Å²) in [5.74, 6) is -0.374. The standard InChI is InChI=1S/C17H20N2O4/c1-2-10-22-16(20)15-9-8-14-11-18(15)17(21)19(14)23-12-13-6-4-3-5-7-13/h2-7,14-15H,1,8-12H2/t14-,15+/m1/s1. The zero-order valence-electron chi connectivity index (χ0n) is 12.9. The van der Waals surface area contributed by atoms with Crippen molar-refractivity contribution in [2.24, 2.45) is 0 Å². The lowest BCUT2D eigenvalue weighted by Gasteiger charge is -2.28. The summed E-state index contributed by atoms with van der Waals surface area (Å²) in [4.78, 5) is 31.8. The Morgan fingerprint density at radius 3 is 2.83 bits per heavy atom. The maximum absolute atomic E-state index is 12.5. The number of carbonyl (C=O) groups excluding carboxylic acids is 2. The molecule has 1 aromatic rings. The van der Waals surface area contributed by atoms with Gasteiger partial charge >= 0.3 is 12.0 Å². The third-order valence-corrected chi connectivity index (χ3v) is 4.15. The summed E-state index contributed by atoms with van der Waals surface area (Å²) >= 11 is 0. The number of amides is 2. The Morgan fingerprint density at radius 2 is 2.09 bits per heavy atom. The first kappa shape index (κ1) is 15.6. The molecule has 23 heavy (non-hydrogen) atoms. The van der Waals surface area contributed by atoms with Crippen LogP contribution < -0.4 is 0 Å². The van der Waals surface area contributed by atoms with Gasteiger partial charge in [-0.05, 0) is 18.4 Å². The van der Waals surface area contributed by atoms with Crippen LogP contribution in [0.3, 0.4) is 0 Å². The highest BCUT2D eigenvalue weighted by Gasteiger charge is 2.48. The maximum atomic E-state index is 12.5. The fourth-order valence-corrected chi connectivity index (χ4v) is 3.00. The Kier molecular flexibility index (Phi) is 4.62. The third kappa shape index (κ3) is 3.22. The van der Waals surface area contributed by atoms with E-state index in [9.17, 15) is 9.59 Å². The van der Waals surface area contributed by atoms with Gasteiger partial charge in [-0.25, -0.2) is 9.59 Å². The molecule has 0 unspecified atom stereocenters. The van der Waals surface area contributed by atoms with Crippen LogP contribution in [0.4, 0.5) is 4.79 Å². The van der Waals surface area contributed by atoms with Crippen molar-refractivity contribution in [3.8, 4) is 0 Å². The average Bonchev–Trinajstić information content (AvgIpc) is 2.83. The molecule has 2 aliphatic rings. The van der Waals surface area contributed by atoms with E-state index in [2.05, 4.69) is 6.58 Å². The first-order valence-corrected chi connectivity index (χ1v) is 7.75. The SMILES string of the molecule is C=CCOC(=O)[C@@H]1CC[C@@H]2CN1C(=O)N2OCc1ccccc1. The smallest absolute Gasteiger partial charge is 0.345 e. The second-order valence-electron chi connectivity index (χ2n) is 5.69. The van der Waals surface area contributed by atoms with Crippen molar-refractivity contribution in [1.29, 1.82) is 0 Å². The second-order valence-corrected chi connectivity index (χ2v) is 5.69. The lowest BCUT2D eigenvalue weighted by atomic mass is 10.0. The molecule has 0 saturated carbocycles. The van der Waals surface area contributed by atoms with Gasteiger partial charge in [0.25, 0.3) is 0 Å². The third-order valence-electron chi connectivity index (χ3n) is 4.15. The van der Waals surface area contributed by atoms with Crippen molar-refractivity contribution in [1.82, 2.24) is 9.96 Å². The summed E-state index contributed by atoms with van der Waals surface area (Å²) in [7, 11) is 0. The van der Waals surface area contributed by atoms with Crippen LogP contribution in [-0.2, 0) is 21.0 Å². The van der Waals surface area contributed by atoms with Gasteiger partial charge in [-0.2, -0.15) is 5.06 Å². The van der Waals surface area contributed by atoms with Gasteiger partial charge in [-0.3, -0.25) is 4.84 Å². The highest BCUT2D eigenvalue weighted by atomic mass is 16.7. The van der Waals surface area contributed by atoms with E-state index >= 15 is 0 Å². The average molecular weight is 316 g/mol. The van der Waals surface area contributed by atoms with Crippen molar-refractivity contribution < 1.29 is 19.2 Å². The van der Waals surface area contributed by atoms with Crippen molar-refractivity contribution in [2.45, 2.75) is 31.5 Å². The first-order chi connectivity index (χ1) is 11.2. The predicted octanol–water partition coefficient (Wildman–Crippen LogP) is 2.12. The molecule has 0 N–H and O–H groups in total. The number of hydroxylamine groups is 2. The minimum absolute atomic E-state index is 0.00494. The molecule has 2 fully saturated rings. The van der Waals surface area contributed by atoms with Crippen molar-refractivity contribution >= 4 is 12.0 Å². The highest BCUT2D eigenvalue weighted by molar-refractivity contribution is 5.85. The van der Waals surface area contributed by atoms with Crippen molar-refractivity contribution in [3.05, 3.63) is 48.6 Å². The van der Waals surface area contributed by atoms with Crippen LogP contribution in [0.2, 0.25) is 0 Å². The van der Waals surface area contributed by atoms with E-state index in [1.54, 1.807) is 4.90 Å². The van der Waals surface area contributed by atoms with Gasteiger partial charge < -0.3 is 9.64 Å². The van der Waals surface area contributed by atoms with Crippen LogP contribution in [0, 0.1) is 0 Å². The number of fused-ring (bicyclic) bond motifs is 2. The fourth-order valence-electron chi connectivity index (χ4n) is 3.00. The maximum Gasteiger partial charge on any atom is 0.345 e. The number of hydrogen-bond acceptors (Lipinski definition) is 4. The van der Waals surface area contributed by atoms with E-state index in [-0.39, 0.29) is 24.6 Å². The Balaban J connectivity index is 1.62. The Bertz CT molecular complexity index is 590. The molecule has 122 valence electrons. The summed E-state index contributed by atoms with van der Waals surface area (Å²) in [5.41, 5.74) is 0.999. The van der Waals surface area contributed by atoms with Gasteiger partial charge in [-0.1, -0.05) is 43.0 Å². The largest absolute Gasteiger partial charge is 0.460 e. The van der Waals surface area contributed by atoms with E-state index in [1.807, 2.05) is 30.3 Å². The zero-order chi connectivity index (χ0) is 16.2. The number of benzene rings is 1. The monoisotopic (exact) mass is 316 g/mol. The van der Waals surface area contributed by atoms with Crippen LogP contribution in [0.1, 0.15) is 18.4 Å². The molecular formula is C17H20N2O4. The van der Waals surface area contributed by atoms with Crippen molar-refractivity contribution in [2.75, 3.05) is 13.2 Å². The topological polar surface area (TPSA) is 59.1 Å². The van der Waals surface area contributed by atoms with E-state index in [1.165, 1.54) is 11.1 Å². The number of piperidine rings is 1. The predicted molar refractivity (Wildman–Crippen MR) is 83.1 cm³/mol. The van der Waals surface area contributed by atoms with E-state index < -0.39 is 6.04 Å². The molecule has 3 rings (SSSR count). The minimum Gasteiger partial charge on any atom is -0.460 e. The minimum atomic E-state index is -0.524. The van der Waals surface area contributed by atoms with E-state index in [0.29, 0.717) is 19.6 Å². The zero-order valence-corrected chi connectivity index (χ0v) is 12.9. The molecule has 2 saturated heterocycles. The molecule has 2 amide bonds. The summed E-state index contributed by atoms with van der Waals surface area (Å²) in [6.45, 7) is 4.52. The lowest BCUT2D eigenvalue weighted by Crippen LogP contribution is -2.45. The van der Waals surface area contributed by atoms with Gasteiger partial charge in [0, 0.05) is 6.54 Å². The molecule has 6 nitrogen and oxygen atoms in total. The fraction of sp³-hybridized carbons (Fsp3) is 0.412. The molecule has 2 atom stereocenters. The van der Waals surface area contributed by atoms with Crippen LogP contribution in [0.25, 0.3) is 0 Å². The number of esters is 1. The molecule has 0 radical (unpaired) electrons. The van der Waals surface area contributed by atoms with Crippen LogP contribution >= 0.6 is 0 Å². The molecule has 2 heterocycles. The Morgan fingerprint density at radius 1 is 1.30 bits per heavy atom. The molecule has 2 bridgehead atoms. The molecule has 6 heteroatoms. The molecule has 0 spiro atoms. The number of hydrogen-bond donors (Lipinski definition) is 0. The normalized spacial score (nSPS) is 23.0.